The molecule has 1 amide bonds. The second-order valence-electron chi connectivity index (χ2n) is 6.35. The maximum atomic E-state index is 12.7. The number of pyridine rings is 2. The predicted octanol–water partition coefficient (Wildman–Crippen LogP) is 3.75. The number of ether oxygens (including phenoxy) is 1. The number of hydrogen-bond acceptors (Lipinski definition) is 4. The fourth-order valence-electron chi connectivity index (χ4n) is 2.79. The zero-order valence-electron chi connectivity index (χ0n) is 15.5. The van der Waals surface area contributed by atoms with E-state index in [4.69, 9.17) is 4.74 Å². The number of hydrogen-bond donors (Lipinski definition) is 1. The third-order valence-corrected chi connectivity index (χ3v) is 4.28. The first kappa shape index (κ1) is 20.4. The van der Waals surface area contributed by atoms with Crippen molar-refractivity contribution >= 4 is 22.6 Å². The number of alkyl halides is 3. The van der Waals surface area contributed by atoms with Gasteiger partial charge >= 0.3 is 6.18 Å². The first-order chi connectivity index (χ1) is 13.8. The molecule has 0 aliphatic heterocycles. The van der Waals surface area contributed by atoms with Crippen LogP contribution in [0.25, 0.3) is 10.9 Å². The number of amides is 1. The van der Waals surface area contributed by atoms with Gasteiger partial charge in [-0.05, 0) is 30.7 Å². The molecule has 3 rings (SSSR count). The molecule has 0 aliphatic carbocycles. The van der Waals surface area contributed by atoms with Crippen LogP contribution in [0.4, 0.5) is 19.0 Å². The van der Waals surface area contributed by atoms with E-state index in [1.165, 1.54) is 10.6 Å². The summed E-state index contributed by atoms with van der Waals surface area (Å²) in [5.74, 6) is -0.221. The number of carbonyl (C=O) groups is 1. The van der Waals surface area contributed by atoms with E-state index in [1.807, 2.05) is 18.2 Å². The molecule has 0 saturated heterocycles. The number of rotatable bonds is 6. The van der Waals surface area contributed by atoms with Gasteiger partial charge in [0.15, 0.2) is 0 Å². The summed E-state index contributed by atoms with van der Waals surface area (Å²) in [5.41, 5.74) is -0.376. The largest absolute Gasteiger partial charge is 0.493 e. The van der Waals surface area contributed by atoms with Crippen molar-refractivity contribution in [1.82, 2.24) is 9.55 Å². The molecule has 0 fully saturated rings. The average molecular weight is 405 g/mol. The number of aromatic nitrogens is 2. The van der Waals surface area contributed by atoms with Crippen molar-refractivity contribution in [2.24, 2.45) is 7.05 Å². The summed E-state index contributed by atoms with van der Waals surface area (Å²) in [7, 11) is 1.67. The van der Waals surface area contributed by atoms with E-state index in [9.17, 15) is 22.8 Å². The van der Waals surface area contributed by atoms with Crippen LogP contribution in [-0.2, 0) is 18.0 Å². The summed E-state index contributed by atoms with van der Waals surface area (Å²) in [6.45, 7) is 0.167. The lowest BCUT2D eigenvalue weighted by atomic mass is 10.2. The fourth-order valence-corrected chi connectivity index (χ4v) is 2.79. The number of anilines is 1. The van der Waals surface area contributed by atoms with Crippen molar-refractivity contribution in [1.29, 1.82) is 0 Å². The monoisotopic (exact) mass is 405 g/mol. The molecule has 1 N–H and O–H groups in total. The molecule has 6 nitrogen and oxygen atoms in total. The van der Waals surface area contributed by atoms with E-state index < -0.39 is 17.6 Å². The van der Waals surface area contributed by atoms with E-state index in [-0.39, 0.29) is 24.4 Å². The zero-order valence-corrected chi connectivity index (χ0v) is 15.5. The number of para-hydroxylation sites is 1. The van der Waals surface area contributed by atoms with Gasteiger partial charge in [-0.1, -0.05) is 12.1 Å². The molecule has 0 saturated carbocycles. The Morgan fingerprint density at radius 3 is 2.72 bits per heavy atom. The van der Waals surface area contributed by atoms with Crippen LogP contribution >= 0.6 is 0 Å². The SMILES string of the molecule is Cn1c(=O)cc(OCCCC(=O)Nc2cc(C(F)(F)F)ccn2)c2ccccc21. The van der Waals surface area contributed by atoms with Gasteiger partial charge in [0.25, 0.3) is 5.56 Å². The number of aryl methyl sites for hydroxylation is 1. The normalized spacial score (nSPS) is 11.4. The van der Waals surface area contributed by atoms with Crippen LogP contribution in [0.3, 0.4) is 0 Å². The number of halogens is 3. The van der Waals surface area contributed by atoms with Crippen LogP contribution in [0.15, 0.2) is 53.5 Å². The lowest BCUT2D eigenvalue weighted by Crippen LogP contribution is -2.17. The molecule has 0 bridgehead atoms. The highest BCUT2D eigenvalue weighted by molar-refractivity contribution is 5.89. The number of benzene rings is 1. The van der Waals surface area contributed by atoms with Crippen LogP contribution in [0.2, 0.25) is 0 Å². The van der Waals surface area contributed by atoms with Crippen molar-refractivity contribution in [3.8, 4) is 5.75 Å². The Kier molecular flexibility index (Phi) is 5.86. The first-order valence-electron chi connectivity index (χ1n) is 8.80. The number of nitrogens with one attached hydrogen (secondary N) is 1. The molecule has 3 aromatic rings. The quantitative estimate of drug-likeness (QED) is 0.634. The second kappa shape index (κ2) is 8.34. The predicted molar refractivity (Wildman–Crippen MR) is 102 cm³/mol. The van der Waals surface area contributed by atoms with E-state index in [0.29, 0.717) is 12.2 Å². The third-order valence-electron chi connectivity index (χ3n) is 4.28. The van der Waals surface area contributed by atoms with Gasteiger partial charge in [-0.2, -0.15) is 13.2 Å². The molecule has 0 atom stereocenters. The maximum Gasteiger partial charge on any atom is 0.416 e. The molecule has 1 aromatic carbocycles. The van der Waals surface area contributed by atoms with Crippen molar-refractivity contribution in [3.05, 3.63) is 64.6 Å². The molecular weight excluding hydrogens is 387 g/mol. The summed E-state index contributed by atoms with van der Waals surface area (Å²) in [6, 6.07) is 10.3. The van der Waals surface area contributed by atoms with Gasteiger partial charge in [0.2, 0.25) is 5.91 Å². The van der Waals surface area contributed by atoms with Crippen molar-refractivity contribution in [3.63, 3.8) is 0 Å². The minimum absolute atomic E-state index is 0.0285. The summed E-state index contributed by atoms with van der Waals surface area (Å²) in [5, 5.41) is 3.11. The molecule has 0 radical (unpaired) electrons. The Morgan fingerprint density at radius 2 is 1.97 bits per heavy atom. The molecule has 29 heavy (non-hydrogen) atoms. The summed E-state index contributed by atoms with van der Waals surface area (Å²) < 4.78 is 45.3. The van der Waals surface area contributed by atoms with Crippen LogP contribution in [0, 0.1) is 0 Å². The zero-order chi connectivity index (χ0) is 21.0. The topological polar surface area (TPSA) is 73.2 Å². The van der Waals surface area contributed by atoms with Gasteiger partial charge < -0.3 is 14.6 Å². The van der Waals surface area contributed by atoms with Crippen LogP contribution in [-0.4, -0.2) is 22.1 Å². The Bertz CT molecular complexity index is 1090. The highest BCUT2D eigenvalue weighted by Gasteiger charge is 2.30. The highest BCUT2D eigenvalue weighted by atomic mass is 19.4. The Morgan fingerprint density at radius 1 is 1.21 bits per heavy atom. The van der Waals surface area contributed by atoms with Crippen LogP contribution in [0.5, 0.6) is 5.75 Å². The van der Waals surface area contributed by atoms with Crippen molar-refractivity contribution in [2.45, 2.75) is 19.0 Å². The van der Waals surface area contributed by atoms with Gasteiger partial charge in [0.1, 0.15) is 11.6 Å². The van der Waals surface area contributed by atoms with Gasteiger partial charge in [0, 0.05) is 31.1 Å². The Balaban J connectivity index is 1.56. The smallest absolute Gasteiger partial charge is 0.416 e. The standard InChI is InChI=1S/C20H18F3N3O3/c1-26-15-6-3-2-5-14(15)16(12-19(26)28)29-10-4-7-18(27)25-17-11-13(8-9-24-17)20(21,22)23/h2-3,5-6,8-9,11-12H,4,7,10H2,1H3,(H,24,25,27). The number of fused-ring (bicyclic) bond motifs is 1. The van der Waals surface area contributed by atoms with Crippen molar-refractivity contribution in [2.75, 3.05) is 11.9 Å². The second-order valence-corrected chi connectivity index (χ2v) is 6.35. The van der Waals surface area contributed by atoms with Crippen molar-refractivity contribution < 1.29 is 22.7 Å². The van der Waals surface area contributed by atoms with E-state index in [0.717, 1.165) is 29.2 Å². The van der Waals surface area contributed by atoms with Gasteiger partial charge in [-0.3, -0.25) is 9.59 Å². The maximum absolute atomic E-state index is 12.7. The van der Waals surface area contributed by atoms with E-state index in [2.05, 4.69) is 10.3 Å². The van der Waals surface area contributed by atoms with Gasteiger partial charge in [0.05, 0.1) is 17.7 Å². The minimum Gasteiger partial charge on any atom is -0.493 e. The Hall–Kier alpha value is -3.36. The lowest BCUT2D eigenvalue weighted by molar-refractivity contribution is -0.137. The van der Waals surface area contributed by atoms with Crippen LogP contribution < -0.4 is 15.6 Å². The molecule has 9 heteroatoms. The molecule has 152 valence electrons. The highest BCUT2D eigenvalue weighted by Crippen LogP contribution is 2.30. The molecule has 2 heterocycles. The number of carbonyl (C=O) groups excluding carboxylic acids is 1. The molecule has 0 aliphatic rings. The average Bonchev–Trinajstić information content (AvgIpc) is 2.68. The minimum atomic E-state index is -4.51. The lowest BCUT2D eigenvalue weighted by Gasteiger charge is -2.12. The van der Waals surface area contributed by atoms with Crippen LogP contribution in [0.1, 0.15) is 18.4 Å². The van der Waals surface area contributed by atoms with Gasteiger partial charge in [-0.15, -0.1) is 0 Å². The molecule has 2 aromatic heterocycles. The fraction of sp³-hybridized carbons (Fsp3) is 0.250. The summed E-state index contributed by atoms with van der Waals surface area (Å²) in [4.78, 5) is 27.7. The summed E-state index contributed by atoms with van der Waals surface area (Å²) >= 11 is 0. The molecule has 0 unspecified atom stereocenters. The van der Waals surface area contributed by atoms with E-state index >= 15 is 0 Å². The third kappa shape index (κ3) is 4.92. The Labute approximate surface area is 163 Å². The first-order valence-corrected chi connectivity index (χ1v) is 8.80. The number of nitrogens with zero attached hydrogens (tertiary/aromatic N) is 2. The molecule has 0 spiro atoms. The molecular formula is C20H18F3N3O3. The van der Waals surface area contributed by atoms with E-state index in [1.54, 1.807) is 13.1 Å². The van der Waals surface area contributed by atoms with Gasteiger partial charge in [-0.25, -0.2) is 4.98 Å². The summed E-state index contributed by atoms with van der Waals surface area (Å²) in [6.07, 6.45) is -3.18.